The summed E-state index contributed by atoms with van der Waals surface area (Å²) < 4.78 is 0. The van der Waals surface area contributed by atoms with Crippen molar-refractivity contribution in [2.75, 3.05) is 11.9 Å². The molecule has 5 heteroatoms. The van der Waals surface area contributed by atoms with Crippen molar-refractivity contribution in [1.82, 2.24) is 5.32 Å². The molecule has 0 saturated carbocycles. The SMILES string of the molecule is CCCNC(=O)c1ccc(NC=C(C#N)C#N)cc1. The lowest BCUT2D eigenvalue weighted by molar-refractivity contribution is 0.0953. The molecule has 1 aromatic carbocycles. The van der Waals surface area contributed by atoms with Crippen molar-refractivity contribution in [3.63, 3.8) is 0 Å². The molecule has 0 aromatic heterocycles. The van der Waals surface area contributed by atoms with Crippen LogP contribution in [-0.4, -0.2) is 12.5 Å². The number of carbonyl (C=O) groups excluding carboxylic acids is 1. The monoisotopic (exact) mass is 254 g/mol. The fourth-order valence-electron chi connectivity index (χ4n) is 1.30. The van der Waals surface area contributed by atoms with Gasteiger partial charge in [0.15, 0.2) is 0 Å². The fraction of sp³-hybridized carbons (Fsp3) is 0.214. The average Bonchev–Trinajstić information content (AvgIpc) is 2.46. The number of rotatable bonds is 5. The lowest BCUT2D eigenvalue weighted by Gasteiger charge is -2.05. The highest BCUT2D eigenvalue weighted by Gasteiger charge is 2.03. The van der Waals surface area contributed by atoms with Gasteiger partial charge in [0, 0.05) is 24.0 Å². The number of amides is 1. The van der Waals surface area contributed by atoms with Crippen LogP contribution in [0.2, 0.25) is 0 Å². The lowest BCUT2D eigenvalue weighted by atomic mass is 10.2. The molecule has 1 rings (SSSR count). The summed E-state index contributed by atoms with van der Waals surface area (Å²) in [5, 5.41) is 22.7. The van der Waals surface area contributed by atoms with Gasteiger partial charge >= 0.3 is 0 Å². The van der Waals surface area contributed by atoms with Gasteiger partial charge in [-0.15, -0.1) is 0 Å². The molecular weight excluding hydrogens is 240 g/mol. The maximum Gasteiger partial charge on any atom is 0.251 e. The summed E-state index contributed by atoms with van der Waals surface area (Å²) in [4.78, 5) is 11.6. The summed E-state index contributed by atoms with van der Waals surface area (Å²) in [5.41, 5.74) is 1.27. The Labute approximate surface area is 112 Å². The second-order valence-corrected chi connectivity index (χ2v) is 3.76. The molecular formula is C14H14N4O. The molecule has 0 fully saturated rings. The van der Waals surface area contributed by atoms with Crippen molar-refractivity contribution in [2.24, 2.45) is 0 Å². The first-order valence-corrected chi connectivity index (χ1v) is 5.86. The zero-order valence-corrected chi connectivity index (χ0v) is 10.6. The first-order chi connectivity index (χ1) is 9.21. The Morgan fingerprint density at radius 2 is 1.89 bits per heavy atom. The van der Waals surface area contributed by atoms with Gasteiger partial charge in [-0.2, -0.15) is 10.5 Å². The van der Waals surface area contributed by atoms with E-state index < -0.39 is 0 Å². The van der Waals surface area contributed by atoms with E-state index in [-0.39, 0.29) is 11.5 Å². The highest BCUT2D eigenvalue weighted by atomic mass is 16.1. The van der Waals surface area contributed by atoms with Crippen molar-refractivity contribution in [3.05, 3.63) is 41.6 Å². The first kappa shape index (κ1) is 14.3. The van der Waals surface area contributed by atoms with Gasteiger partial charge in [-0.25, -0.2) is 0 Å². The summed E-state index contributed by atoms with van der Waals surface area (Å²) in [7, 11) is 0. The Hall–Kier alpha value is -2.79. The average molecular weight is 254 g/mol. The molecule has 0 radical (unpaired) electrons. The van der Waals surface area contributed by atoms with Gasteiger partial charge in [0.25, 0.3) is 5.91 Å². The molecule has 0 aliphatic rings. The van der Waals surface area contributed by atoms with Crippen molar-refractivity contribution < 1.29 is 4.79 Å². The third kappa shape index (κ3) is 4.53. The molecule has 0 aliphatic carbocycles. The lowest BCUT2D eigenvalue weighted by Crippen LogP contribution is -2.23. The molecule has 1 amide bonds. The topological polar surface area (TPSA) is 88.7 Å². The van der Waals surface area contributed by atoms with E-state index in [2.05, 4.69) is 10.6 Å². The third-order valence-corrected chi connectivity index (χ3v) is 2.31. The van der Waals surface area contributed by atoms with Crippen molar-refractivity contribution in [2.45, 2.75) is 13.3 Å². The van der Waals surface area contributed by atoms with Crippen molar-refractivity contribution in [3.8, 4) is 12.1 Å². The molecule has 19 heavy (non-hydrogen) atoms. The molecule has 1 aromatic rings. The standard InChI is InChI=1S/C14H14N4O/c1-2-7-17-14(19)12-3-5-13(6-4-12)18-10-11(8-15)9-16/h3-6,10,18H,2,7H2,1H3,(H,17,19). The van der Waals surface area contributed by atoms with E-state index in [1.165, 1.54) is 6.20 Å². The van der Waals surface area contributed by atoms with Crippen LogP contribution in [0.4, 0.5) is 5.69 Å². The van der Waals surface area contributed by atoms with E-state index in [1.54, 1.807) is 36.4 Å². The van der Waals surface area contributed by atoms with Gasteiger partial charge < -0.3 is 10.6 Å². The number of nitriles is 2. The molecule has 0 heterocycles. The highest BCUT2D eigenvalue weighted by molar-refractivity contribution is 5.94. The number of nitrogens with zero attached hydrogens (tertiary/aromatic N) is 2. The van der Waals surface area contributed by atoms with E-state index >= 15 is 0 Å². The van der Waals surface area contributed by atoms with Crippen LogP contribution >= 0.6 is 0 Å². The molecule has 0 spiro atoms. The number of allylic oxidation sites excluding steroid dienone is 1. The van der Waals surface area contributed by atoms with Crippen LogP contribution in [0.5, 0.6) is 0 Å². The number of hydrogen-bond acceptors (Lipinski definition) is 4. The van der Waals surface area contributed by atoms with Crippen LogP contribution in [0.1, 0.15) is 23.7 Å². The van der Waals surface area contributed by atoms with Gasteiger partial charge in [-0.1, -0.05) is 6.92 Å². The van der Waals surface area contributed by atoms with Gasteiger partial charge in [0.05, 0.1) is 0 Å². The second-order valence-electron chi connectivity index (χ2n) is 3.76. The first-order valence-electron chi connectivity index (χ1n) is 5.86. The van der Waals surface area contributed by atoms with Gasteiger partial charge in [-0.05, 0) is 30.7 Å². The molecule has 2 N–H and O–H groups in total. The Morgan fingerprint density at radius 1 is 1.26 bits per heavy atom. The second kappa shape index (κ2) is 7.52. The van der Waals surface area contributed by atoms with Crippen LogP contribution in [0.25, 0.3) is 0 Å². The Balaban J connectivity index is 2.67. The van der Waals surface area contributed by atoms with Gasteiger partial charge in [0.1, 0.15) is 17.7 Å². The molecule has 96 valence electrons. The molecule has 0 saturated heterocycles. The number of anilines is 1. The zero-order chi connectivity index (χ0) is 14.1. The summed E-state index contributed by atoms with van der Waals surface area (Å²) in [6.07, 6.45) is 2.22. The predicted octanol–water partition coefficient (Wildman–Crippen LogP) is 2.17. The van der Waals surface area contributed by atoms with Crippen molar-refractivity contribution >= 4 is 11.6 Å². The van der Waals surface area contributed by atoms with Crippen molar-refractivity contribution in [1.29, 1.82) is 10.5 Å². The van der Waals surface area contributed by atoms with Crippen LogP contribution in [0.3, 0.4) is 0 Å². The third-order valence-electron chi connectivity index (χ3n) is 2.31. The summed E-state index contributed by atoms with van der Waals surface area (Å²) >= 11 is 0. The number of benzene rings is 1. The number of nitrogens with one attached hydrogen (secondary N) is 2. The predicted molar refractivity (Wildman–Crippen MR) is 72.0 cm³/mol. The normalized spacial score (nSPS) is 8.79. The van der Waals surface area contributed by atoms with E-state index in [0.717, 1.165) is 6.42 Å². The van der Waals surface area contributed by atoms with E-state index in [1.807, 2.05) is 6.92 Å². The minimum absolute atomic E-state index is 0.00948. The summed E-state index contributed by atoms with van der Waals surface area (Å²) in [6, 6.07) is 10.3. The largest absolute Gasteiger partial charge is 0.360 e. The van der Waals surface area contributed by atoms with Crippen LogP contribution in [-0.2, 0) is 0 Å². The van der Waals surface area contributed by atoms with Gasteiger partial charge in [-0.3, -0.25) is 4.79 Å². The maximum absolute atomic E-state index is 11.6. The zero-order valence-electron chi connectivity index (χ0n) is 10.6. The van der Waals surface area contributed by atoms with Crippen LogP contribution in [0, 0.1) is 22.7 Å². The summed E-state index contributed by atoms with van der Waals surface area (Å²) in [6.45, 7) is 2.64. The van der Waals surface area contributed by atoms with E-state index in [0.29, 0.717) is 17.8 Å². The molecule has 0 atom stereocenters. The Morgan fingerprint density at radius 3 is 2.42 bits per heavy atom. The fourth-order valence-corrected chi connectivity index (χ4v) is 1.30. The quantitative estimate of drug-likeness (QED) is 0.788. The molecule has 0 aliphatic heterocycles. The smallest absolute Gasteiger partial charge is 0.251 e. The van der Waals surface area contributed by atoms with Gasteiger partial charge in [0.2, 0.25) is 0 Å². The van der Waals surface area contributed by atoms with Crippen LogP contribution < -0.4 is 10.6 Å². The minimum atomic E-state index is -0.112. The van der Waals surface area contributed by atoms with E-state index in [4.69, 9.17) is 10.5 Å². The molecule has 0 bridgehead atoms. The number of hydrogen-bond donors (Lipinski definition) is 2. The Bertz CT molecular complexity index is 530. The highest BCUT2D eigenvalue weighted by Crippen LogP contribution is 2.10. The Kier molecular flexibility index (Phi) is 5.65. The molecule has 0 unspecified atom stereocenters. The summed E-state index contributed by atoms with van der Waals surface area (Å²) in [5.74, 6) is -0.112. The van der Waals surface area contributed by atoms with Crippen LogP contribution in [0.15, 0.2) is 36.0 Å². The molecule has 5 nitrogen and oxygen atoms in total. The van der Waals surface area contributed by atoms with E-state index in [9.17, 15) is 4.79 Å². The number of carbonyl (C=O) groups is 1. The maximum atomic E-state index is 11.6. The minimum Gasteiger partial charge on any atom is -0.360 e.